The first-order valence-electron chi connectivity index (χ1n) is 10.4. The number of hydrogen-bond acceptors (Lipinski definition) is 6. The molecule has 1 atom stereocenters. The molecule has 0 aliphatic rings. The van der Waals surface area contributed by atoms with Gasteiger partial charge in [0.25, 0.3) is 5.91 Å². The van der Waals surface area contributed by atoms with Crippen LogP contribution in [0.15, 0.2) is 65.6 Å². The van der Waals surface area contributed by atoms with Crippen LogP contribution in [0.1, 0.15) is 38.0 Å². The number of halogens is 1. The highest BCUT2D eigenvalue weighted by atomic mass is 35.5. The van der Waals surface area contributed by atoms with Crippen LogP contribution in [0, 0.1) is 0 Å². The Bertz CT molecular complexity index is 1330. The van der Waals surface area contributed by atoms with Crippen LogP contribution in [-0.2, 0) is 4.79 Å². The van der Waals surface area contributed by atoms with Crippen LogP contribution < -0.4 is 15.4 Å². The van der Waals surface area contributed by atoms with Crippen LogP contribution >= 0.6 is 23.4 Å². The van der Waals surface area contributed by atoms with E-state index in [2.05, 4.69) is 10.6 Å². The number of ether oxygens (including phenoxy) is 1. The molecule has 3 aromatic carbocycles. The van der Waals surface area contributed by atoms with Crippen molar-refractivity contribution in [1.29, 1.82) is 0 Å². The number of carbonyl (C=O) groups is 4. The third-order valence-electron chi connectivity index (χ3n) is 4.96. The Morgan fingerprint density at radius 1 is 0.861 bits per heavy atom. The van der Waals surface area contributed by atoms with Crippen LogP contribution in [0.5, 0.6) is 5.75 Å². The molecule has 3 rings (SSSR count). The molecule has 0 heterocycles. The molecule has 9 nitrogen and oxygen atoms in total. The minimum absolute atomic E-state index is 0.171. The van der Waals surface area contributed by atoms with Gasteiger partial charge in [-0.1, -0.05) is 11.6 Å². The summed E-state index contributed by atoms with van der Waals surface area (Å²) >= 11 is 7.39. The Balaban J connectivity index is 1.63. The molecule has 1 unspecified atom stereocenters. The molecule has 11 heteroatoms. The lowest BCUT2D eigenvalue weighted by Gasteiger charge is -2.13. The van der Waals surface area contributed by atoms with Crippen LogP contribution in [0.25, 0.3) is 0 Å². The number of carboxylic acid groups (broad SMARTS) is 2. The number of methoxy groups -OCH3 is 1. The second-order valence-corrected chi connectivity index (χ2v) is 9.27. The summed E-state index contributed by atoms with van der Waals surface area (Å²) in [6.07, 6.45) is 0. The van der Waals surface area contributed by atoms with Gasteiger partial charge in [-0.2, -0.15) is 0 Å². The summed E-state index contributed by atoms with van der Waals surface area (Å²) in [7, 11) is 1.50. The van der Waals surface area contributed by atoms with E-state index in [1.165, 1.54) is 18.9 Å². The van der Waals surface area contributed by atoms with E-state index in [-0.39, 0.29) is 17.0 Å². The molecule has 0 radical (unpaired) electrons. The Hall–Kier alpha value is -4.02. The van der Waals surface area contributed by atoms with Gasteiger partial charge in [0.05, 0.1) is 34.1 Å². The Morgan fingerprint density at radius 3 is 2.11 bits per heavy atom. The lowest BCUT2D eigenvalue weighted by Crippen LogP contribution is -2.22. The third kappa shape index (κ3) is 6.55. The highest BCUT2D eigenvalue weighted by Crippen LogP contribution is 2.29. The van der Waals surface area contributed by atoms with Crippen molar-refractivity contribution in [2.24, 2.45) is 0 Å². The van der Waals surface area contributed by atoms with Gasteiger partial charge >= 0.3 is 11.9 Å². The molecule has 0 spiro atoms. The lowest BCUT2D eigenvalue weighted by molar-refractivity contribution is -0.115. The normalized spacial score (nSPS) is 11.3. The van der Waals surface area contributed by atoms with Gasteiger partial charge in [0.2, 0.25) is 5.91 Å². The molecule has 0 saturated carbocycles. The molecule has 186 valence electrons. The third-order valence-corrected chi connectivity index (χ3v) is 6.36. The maximum Gasteiger partial charge on any atom is 0.336 e. The Labute approximate surface area is 215 Å². The molecule has 2 amide bonds. The van der Waals surface area contributed by atoms with E-state index in [0.717, 1.165) is 23.1 Å². The summed E-state index contributed by atoms with van der Waals surface area (Å²) in [4.78, 5) is 48.5. The Kier molecular flexibility index (Phi) is 8.57. The zero-order valence-corrected chi connectivity index (χ0v) is 20.6. The van der Waals surface area contributed by atoms with E-state index in [1.54, 1.807) is 49.4 Å². The summed E-state index contributed by atoms with van der Waals surface area (Å²) in [6, 6.07) is 14.8. The molecule has 0 aromatic heterocycles. The molecule has 36 heavy (non-hydrogen) atoms. The van der Waals surface area contributed by atoms with Gasteiger partial charge in [0.15, 0.2) is 0 Å². The molecule has 0 aliphatic carbocycles. The van der Waals surface area contributed by atoms with Gasteiger partial charge in [-0.15, -0.1) is 11.8 Å². The lowest BCUT2D eigenvalue weighted by atomic mass is 10.0. The molecule has 4 N–H and O–H groups in total. The number of carboxylic acids is 2. The molecule has 3 aromatic rings. The zero-order chi connectivity index (χ0) is 26.4. The number of anilines is 2. The van der Waals surface area contributed by atoms with Crippen molar-refractivity contribution in [2.75, 3.05) is 17.7 Å². The van der Waals surface area contributed by atoms with Crippen LogP contribution in [0.2, 0.25) is 5.02 Å². The van der Waals surface area contributed by atoms with Crippen molar-refractivity contribution in [3.05, 3.63) is 82.4 Å². The van der Waals surface area contributed by atoms with Crippen molar-refractivity contribution in [2.45, 2.75) is 17.1 Å². The first-order chi connectivity index (χ1) is 17.1. The summed E-state index contributed by atoms with van der Waals surface area (Å²) in [5.41, 5.74) is 0.104. The fourth-order valence-electron chi connectivity index (χ4n) is 3.11. The first kappa shape index (κ1) is 26.6. The van der Waals surface area contributed by atoms with Crippen LogP contribution in [0.3, 0.4) is 0 Å². The number of nitrogens with one attached hydrogen (secondary N) is 2. The van der Waals surface area contributed by atoms with E-state index < -0.39 is 28.7 Å². The summed E-state index contributed by atoms with van der Waals surface area (Å²) < 4.78 is 5.10. The number of rotatable bonds is 9. The fraction of sp³-hybridized carbons (Fsp3) is 0.120. The molecular weight excluding hydrogens is 508 g/mol. The average Bonchev–Trinajstić information content (AvgIpc) is 2.84. The average molecular weight is 529 g/mol. The summed E-state index contributed by atoms with van der Waals surface area (Å²) in [5, 5.41) is 23.7. The van der Waals surface area contributed by atoms with Crippen molar-refractivity contribution >= 4 is 58.5 Å². The van der Waals surface area contributed by atoms with E-state index in [4.69, 9.17) is 21.4 Å². The number of amides is 2. The number of hydrogen-bond donors (Lipinski definition) is 4. The number of benzene rings is 3. The second-order valence-electron chi connectivity index (χ2n) is 7.45. The summed E-state index contributed by atoms with van der Waals surface area (Å²) in [5.74, 6) is -3.14. The largest absolute Gasteiger partial charge is 0.495 e. The molecule has 0 aliphatic heterocycles. The fourth-order valence-corrected chi connectivity index (χ4v) is 4.24. The van der Waals surface area contributed by atoms with Crippen molar-refractivity contribution in [3.8, 4) is 5.75 Å². The van der Waals surface area contributed by atoms with E-state index in [0.29, 0.717) is 22.1 Å². The van der Waals surface area contributed by atoms with Crippen LogP contribution in [-0.4, -0.2) is 46.3 Å². The minimum atomic E-state index is -1.42. The highest BCUT2D eigenvalue weighted by molar-refractivity contribution is 8.00. The maximum absolute atomic E-state index is 12.6. The second kappa shape index (κ2) is 11.6. The topological polar surface area (TPSA) is 142 Å². The highest BCUT2D eigenvalue weighted by Gasteiger charge is 2.20. The molecule has 0 fully saturated rings. The van der Waals surface area contributed by atoms with E-state index >= 15 is 0 Å². The van der Waals surface area contributed by atoms with Gasteiger partial charge in [-0.05, 0) is 67.6 Å². The van der Waals surface area contributed by atoms with Gasteiger partial charge in [-0.25, -0.2) is 9.59 Å². The quantitative estimate of drug-likeness (QED) is 0.280. The predicted octanol–water partition coefficient (Wildman–Crippen LogP) is 5.12. The van der Waals surface area contributed by atoms with Crippen molar-refractivity contribution in [3.63, 3.8) is 0 Å². The van der Waals surface area contributed by atoms with Gasteiger partial charge in [0.1, 0.15) is 5.75 Å². The maximum atomic E-state index is 12.6. The SMILES string of the molecule is COc1ccc(NC(=O)C(C)Sc2ccc(NC(=O)c3ccc(C(=O)O)cc3C(=O)O)cc2)cc1Cl. The monoisotopic (exact) mass is 528 g/mol. The van der Waals surface area contributed by atoms with Crippen molar-refractivity contribution < 1.29 is 34.1 Å². The summed E-state index contributed by atoms with van der Waals surface area (Å²) in [6.45, 7) is 1.75. The number of aromatic carboxylic acids is 2. The Morgan fingerprint density at radius 2 is 1.53 bits per heavy atom. The van der Waals surface area contributed by atoms with Gasteiger partial charge in [-0.3, -0.25) is 9.59 Å². The van der Waals surface area contributed by atoms with Crippen LogP contribution in [0.4, 0.5) is 11.4 Å². The molecular formula is C25H21ClN2O7S. The number of thioether (sulfide) groups is 1. The zero-order valence-electron chi connectivity index (χ0n) is 19.1. The molecule has 0 bridgehead atoms. The van der Waals surface area contributed by atoms with E-state index in [1.807, 2.05) is 0 Å². The minimum Gasteiger partial charge on any atom is -0.495 e. The van der Waals surface area contributed by atoms with Gasteiger partial charge in [0, 0.05) is 16.3 Å². The van der Waals surface area contributed by atoms with Gasteiger partial charge < -0.3 is 25.6 Å². The standard InChI is InChI=1S/C25H21ClN2O7S/c1-13(22(29)28-16-6-10-21(35-2)20(26)12-16)36-17-7-4-15(5-8-17)27-23(30)18-9-3-14(24(31)32)11-19(18)25(33)34/h3-13H,1-2H3,(H,27,30)(H,28,29)(H,31,32)(H,33,34). The molecule has 0 saturated heterocycles. The smallest absolute Gasteiger partial charge is 0.336 e. The van der Waals surface area contributed by atoms with Crippen molar-refractivity contribution in [1.82, 2.24) is 0 Å². The van der Waals surface area contributed by atoms with E-state index in [9.17, 15) is 24.3 Å². The first-order valence-corrected chi connectivity index (χ1v) is 11.7. The number of carbonyl (C=O) groups excluding carboxylic acids is 2. The predicted molar refractivity (Wildman–Crippen MR) is 137 cm³/mol.